The number of anilines is 3. The molecule has 0 amide bonds. The van der Waals surface area contributed by atoms with E-state index in [1.807, 2.05) is 0 Å². The maximum absolute atomic E-state index is 2.60. The first-order valence-electron chi connectivity index (χ1n) is 18.0. The molecule has 0 radical (unpaired) electrons. The number of aromatic nitrogens is 1. The van der Waals surface area contributed by atoms with Crippen molar-refractivity contribution in [3.63, 3.8) is 0 Å². The first-order chi connectivity index (χ1) is 25.8. The predicted molar refractivity (Wildman–Crippen MR) is 220 cm³/mol. The van der Waals surface area contributed by atoms with Crippen LogP contribution in [0.2, 0.25) is 0 Å². The normalized spacial score (nSPS) is 14.5. The fraction of sp³-hybridized carbons (Fsp3) is 0. The van der Waals surface area contributed by atoms with E-state index in [4.69, 9.17) is 0 Å². The lowest BCUT2D eigenvalue weighted by atomic mass is 9.35. The van der Waals surface area contributed by atoms with Crippen molar-refractivity contribution in [1.82, 2.24) is 4.57 Å². The number of hydrogen-bond donors (Lipinski definition) is 0. The van der Waals surface area contributed by atoms with Gasteiger partial charge in [-0.15, -0.1) is 10.0 Å². The molecule has 9 aromatic rings. The van der Waals surface area contributed by atoms with E-state index in [0.29, 0.717) is 0 Å². The molecule has 3 heterocycles. The average Bonchev–Trinajstić information content (AvgIpc) is 3.56. The summed E-state index contributed by atoms with van der Waals surface area (Å²) >= 11 is 0. The molecule has 0 fully saturated rings. The average molecular weight is 681 g/mol. The van der Waals surface area contributed by atoms with E-state index in [2.05, 4.69) is 210 Å². The molecule has 2 aliphatic rings. The highest BCUT2D eigenvalue weighted by Gasteiger charge is 2.47. The molecule has 0 N–H and O–H groups in total. The van der Waals surface area contributed by atoms with E-state index in [9.17, 15) is 0 Å². The van der Waals surface area contributed by atoms with E-state index < -0.39 is 10.0 Å². The summed E-state index contributed by atoms with van der Waals surface area (Å²) in [5.74, 6) is 0. The maximum Gasteiger partial charge on any atom is 0.246 e. The van der Waals surface area contributed by atoms with Crippen molar-refractivity contribution in [3.05, 3.63) is 200 Å². The zero-order chi connectivity index (χ0) is 34.2. The van der Waals surface area contributed by atoms with Gasteiger partial charge in [0.1, 0.15) is 0 Å². The number of hydrogen-bond acceptors (Lipinski definition) is 1. The molecule has 11 rings (SSSR count). The number of fused-ring (bicyclic) bond motifs is 7. The van der Waals surface area contributed by atoms with Gasteiger partial charge in [-0.05, 0) is 77.7 Å². The predicted octanol–water partition coefficient (Wildman–Crippen LogP) is 10.7. The van der Waals surface area contributed by atoms with Crippen LogP contribution in [0.5, 0.6) is 0 Å². The summed E-state index contributed by atoms with van der Waals surface area (Å²) in [6.07, 6.45) is 0. The topological polar surface area (TPSA) is 8.17 Å². The van der Waals surface area contributed by atoms with E-state index in [0.717, 1.165) is 5.69 Å². The number of rotatable bonds is 4. The van der Waals surface area contributed by atoms with Crippen LogP contribution in [0.1, 0.15) is 0 Å². The Morgan fingerprint density at radius 3 is 1.63 bits per heavy atom. The van der Waals surface area contributed by atoms with Gasteiger partial charge < -0.3 is 9.47 Å². The Morgan fingerprint density at radius 1 is 0.404 bits per heavy atom. The quantitative estimate of drug-likeness (QED) is 0.168. The van der Waals surface area contributed by atoms with Crippen molar-refractivity contribution >= 4 is 72.0 Å². The molecule has 1 aromatic heterocycles. The Hall–Kier alpha value is -6.23. The van der Waals surface area contributed by atoms with Crippen LogP contribution in [0.4, 0.5) is 17.1 Å². The minimum atomic E-state index is -1.87. The molecular weight excluding hydrogens is 647 g/mol. The number of para-hydroxylation sites is 4. The summed E-state index contributed by atoms with van der Waals surface area (Å²) in [4.78, 5) is 8.05. The molecule has 0 spiro atoms. The Balaban J connectivity index is 1.27. The van der Waals surface area contributed by atoms with Gasteiger partial charge in [0.2, 0.25) is 6.71 Å². The molecule has 52 heavy (non-hydrogen) atoms. The minimum Gasteiger partial charge on any atom is -0.309 e. The summed E-state index contributed by atoms with van der Waals surface area (Å²) in [7, 11) is -1.87. The molecule has 2 aliphatic heterocycles. The second-order valence-corrected chi connectivity index (χ2v) is 16.7. The SMILES string of the molecule is c1ccc(B2c3ccc(-n4c5ccccc5c5ccccc54)cc3N3c4ccccc4S(c4ccccc4)(c4ccccc4)c4cccc2c43)cc1. The Labute approximate surface area is 305 Å². The first-order valence-corrected chi connectivity index (χ1v) is 19.6. The zero-order valence-corrected chi connectivity index (χ0v) is 29.2. The molecule has 0 atom stereocenters. The van der Waals surface area contributed by atoms with Crippen LogP contribution in [0, 0.1) is 0 Å². The fourth-order valence-electron chi connectivity index (χ4n) is 9.02. The van der Waals surface area contributed by atoms with Gasteiger partial charge in [0.25, 0.3) is 0 Å². The van der Waals surface area contributed by atoms with Crippen molar-refractivity contribution in [2.24, 2.45) is 0 Å². The molecule has 0 unspecified atom stereocenters. The van der Waals surface area contributed by atoms with Gasteiger partial charge in [-0.25, -0.2) is 0 Å². The van der Waals surface area contributed by atoms with Crippen molar-refractivity contribution < 1.29 is 0 Å². The van der Waals surface area contributed by atoms with Gasteiger partial charge in [-0.2, -0.15) is 0 Å². The first kappa shape index (κ1) is 29.5. The van der Waals surface area contributed by atoms with Crippen LogP contribution in [0.15, 0.2) is 220 Å². The molecule has 8 aromatic carbocycles. The third-order valence-corrected chi connectivity index (χ3v) is 15.0. The molecule has 0 bridgehead atoms. The highest BCUT2D eigenvalue weighted by atomic mass is 32.3. The van der Waals surface area contributed by atoms with Gasteiger partial charge >= 0.3 is 0 Å². The molecule has 0 saturated heterocycles. The minimum absolute atomic E-state index is 0.0727. The summed E-state index contributed by atoms with van der Waals surface area (Å²) in [5, 5.41) is 2.54. The van der Waals surface area contributed by atoms with Gasteiger partial charge in [0, 0.05) is 41.7 Å². The fourth-order valence-corrected chi connectivity index (χ4v) is 13.2. The third-order valence-electron chi connectivity index (χ3n) is 11.1. The van der Waals surface area contributed by atoms with Crippen LogP contribution in [-0.2, 0) is 0 Å². The van der Waals surface area contributed by atoms with Crippen molar-refractivity contribution in [2.75, 3.05) is 4.90 Å². The second kappa shape index (κ2) is 11.4. The summed E-state index contributed by atoms with van der Waals surface area (Å²) < 4.78 is 2.45. The van der Waals surface area contributed by atoms with E-state index in [-0.39, 0.29) is 6.71 Å². The molecule has 4 heteroatoms. The zero-order valence-electron chi connectivity index (χ0n) is 28.4. The van der Waals surface area contributed by atoms with Crippen LogP contribution in [-0.4, -0.2) is 11.3 Å². The summed E-state index contributed by atoms with van der Waals surface area (Å²) in [6.45, 7) is 0.0727. The van der Waals surface area contributed by atoms with Gasteiger partial charge in [0.05, 0.1) is 22.4 Å². The monoisotopic (exact) mass is 680 g/mol. The molecular formula is C48H33BN2S. The molecule has 2 nitrogen and oxygen atoms in total. The lowest BCUT2D eigenvalue weighted by Crippen LogP contribution is -2.58. The molecule has 0 aliphatic carbocycles. The van der Waals surface area contributed by atoms with Gasteiger partial charge in [0.15, 0.2) is 0 Å². The number of benzene rings is 8. The third kappa shape index (κ3) is 3.98. The number of nitrogens with zero attached hydrogens (tertiary/aromatic N) is 2. The smallest absolute Gasteiger partial charge is 0.246 e. The highest BCUT2D eigenvalue weighted by molar-refractivity contribution is 8.34. The molecule has 0 saturated carbocycles. The summed E-state index contributed by atoms with van der Waals surface area (Å²) in [6, 6.07) is 74.7. The standard InChI is InChI=1S/C48H33BN2S/c1-4-17-34(18-5-1)49-40-32-31-35(50-42-26-12-10-23-38(42)39-24-11-13-27-43(39)50)33-45(40)51-44-28-14-15-29-46(44)52(36-19-6-2-7-20-36,37-21-8-3-9-22-37)47-30-16-25-41(49)48(47)51/h1-33H. The highest BCUT2D eigenvalue weighted by Crippen LogP contribution is 2.79. The lowest BCUT2D eigenvalue weighted by Gasteiger charge is -2.52. The van der Waals surface area contributed by atoms with Crippen LogP contribution in [0.3, 0.4) is 0 Å². The lowest BCUT2D eigenvalue weighted by molar-refractivity contribution is 1.11. The van der Waals surface area contributed by atoms with Gasteiger partial charge in [-0.1, -0.05) is 139 Å². The van der Waals surface area contributed by atoms with Crippen LogP contribution < -0.4 is 21.3 Å². The van der Waals surface area contributed by atoms with Crippen LogP contribution >= 0.6 is 10.0 Å². The largest absolute Gasteiger partial charge is 0.309 e. The van der Waals surface area contributed by atoms with Gasteiger partial charge in [-0.3, -0.25) is 0 Å². The Kier molecular flexibility index (Phi) is 6.46. The van der Waals surface area contributed by atoms with E-state index in [1.54, 1.807) is 0 Å². The van der Waals surface area contributed by atoms with Crippen molar-refractivity contribution in [2.45, 2.75) is 19.6 Å². The van der Waals surface area contributed by atoms with E-state index >= 15 is 0 Å². The van der Waals surface area contributed by atoms with Crippen LogP contribution in [0.25, 0.3) is 27.5 Å². The van der Waals surface area contributed by atoms with E-state index in [1.165, 1.54) is 74.8 Å². The summed E-state index contributed by atoms with van der Waals surface area (Å²) in [5.41, 5.74) is 11.4. The maximum atomic E-state index is 2.60. The Morgan fingerprint density at radius 2 is 0.962 bits per heavy atom. The van der Waals surface area contributed by atoms with Crippen molar-refractivity contribution in [3.8, 4) is 5.69 Å². The van der Waals surface area contributed by atoms with Crippen molar-refractivity contribution in [1.29, 1.82) is 0 Å². The second-order valence-electron chi connectivity index (χ2n) is 13.7. The Bertz CT molecular complexity index is 2720. The molecule has 244 valence electrons.